The van der Waals surface area contributed by atoms with Crippen molar-refractivity contribution in [1.82, 2.24) is 15.2 Å². The number of aromatic amines is 2. The van der Waals surface area contributed by atoms with Crippen LogP contribution in [0, 0.1) is 5.41 Å². The van der Waals surface area contributed by atoms with Crippen LogP contribution in [0.3, 0.4) is 0 Å². The minimum absolute atomic E-state index is 0.126. The zero-order valence-electron chi connectivity index (χ0n) is 9.70. The molecule has 1 aromatic rings. The number of nitrogens with two attached hydrogens (primary N) is 1. The molecule has 4 N–H and O–H groups in total. The smallest absolute Gasteiger partial charge is 0.342 e. The van der Waals surface area contributed by atoms with Crippen LogP contribution in [-0.4, -0.2) is 35.3 Å². The lowest BCUT2D eigenvalue weighted by atomic mass is 9.93. The van der Waals surface area contributed by atoms with Crippen LogP contribution in [0.2, 0.25) is 0 Å². The average Bonchev–Trinajstić information content (AvgIpc) is 2.16. The maximum atomic E-state index is 11.4. The number of nitrogens with one attached hydrogen (secondary N) is 2. The predicted octanol–water partition coefficient (Wildman–Crippen LogP) is -1.12. The molecule has 0 bridgehead atoms. The molecule has 90 valence electrons. The first-order valence-electron chi connectivity index (χ1n) is 4.96. The lowest BCUT2D eigenvalue weighted by Gasteiger charge is -2.28. The largest absolute Gasteiger partial charge is 0.353 e. The van der Waals surface area contributed by atoms with E-state index in [1.807, 2.05) is 13.8 Å². The summed E-state index contributed by atoms with van der Waals surface area (Å²) in [6, 6.07) is 0. The van der Waals surface area contributed by atoms with Crippen LogP contribution in [0.25, 0.3) is 0 Å². The lowest BCUT2D eigenvalue weighted by Crippen LogP contribution is -2.40. The number of H-pyrrole nitrogens is 2. The highest BCUT2D eigenvalue weighted by Gasteiger charge is 2.20. The molecular formula is C9H17N5O2. The number of hydrogen-bond donors (Lipinski definition) is 3. The molecule has 0 saturated carbocycles. The van der Waals surface area contributed by atoms with E-state index >= 15 is 0 Å². The summed E-state index contributed by atoms with van der Waals surface area (Å²) < 4.78 is 0. The van der Waals surface area contributed by atoms with Gasteiger partial charge < -0.3 is 10.6 Å². The highest BCUT2D eigenvalue weighted by atomic mass is 16.2. The fraction of sp³-hybridized carbons (Fsp3) is 0.667. The van der Waals surface area contributed by atoms with E-state index < -0.39 is 11.2 Å². The van der Waals surface area contributed by atoms with Gasteiger partial charge in [0, 0.05) is 13.6 Å². The van der Waals surface area contributed by atoms with Gasteiger partial charge in [0.05, 0.1) is 0 Å². The third-order valence-electron chi connectivity index (χ3n) is 2.27. The normalized spacial score (nSPS) is 11.5. The highest BCUT2D eigenvalue weighted by Crippen LogP contribution is 2.15. The molecule has 7 nitrogen and oxygen atoms in total. The Labute approximate surface area is 92.7 Å². The van der Waals surface area contributed by atoms with E-state index in [1.54, 1.807) is 11.9 Å². The minimum Gasteiger partial charge on any atom is -0.353 e. The third-order valence-corrected chi connectivity index (χ3v) is 2.27. The Kier molecular flexibility index (Phi) is 3.48. The van der Waals surface area contributed by atoms with Gasteiger partial charge in [-0.2, -0.15) is 0 Å². The van der Waals surface area contributed by atoms with Gasteiger partial charge in [-0.3, -0.25) is 9.78 Å². The topological polar surface area (TPSA) is 108 Å². The Morgan fingerprint density at radius 1 is 1.44 bits per heavy atom. The summed E-state index contributed by atoms with van der Waals surface area (Å²) in [7, 11) is 1.73. The van der Waals surface area contributed by atoms with Crippen LogP contribution < -0.4 is 21.9 Å². The lowest BCUT2D eigenvalue weighted by molar-refractivity contribution is 0.383. The third kappa shape index (κ3) is 2.93. The summed E-state index contributed by atoms with van der Waals surface area (Å²) in [6.07, 6.45) is 0. The van der Waals surface area contributed by atoms with Gasteiger partial charge in [0.2, 0.25) is 5.82 Å². The van der Waals surface area contributed by atoms with Crippen LogP contribution in [0.1, 0.15) is 13.8 Å². The second kappa shape index (κ2) is 4.48. The molecular weight excluding hydrogens is 210 g/mol. The number of aromatic nitrogens is 3. The Balaban J connectivity index is 2.93. The van der Waals surface area contributed by atoms with Crippen molar-refractivity contribution < 1.29 is 0 Å². The molecule has 16 heavy (non-hydrogen) atoms. The number of hydrogen-bond acceptors (Lipinski definition) is 5. The van der Waals surface area contributed by atoms with Crippen molar-refractivity contribution in [2.45, 2.75) is 13.8 Å². The van der Waals surface area contributed by atoms with Gasteiger partial charge in [0.1, 0.15) is 0 Å². The molecule has 0 saturated heterocycles. The molecule has 1 rings (SSSR count). The zero-order chi connectivity index (χ0) is 12.3. The summed E-state index contributed by atoms with van der Waals surface area (Å²) in [5.74, 6) is 0.182. The second-order valence-electron chi connectivity index (χ2n) is 4.55. The van der Waals surface area contributed by atoms with E-state index in [4.69, 9.17) is 5.73 Å². The fourth-order valence-electron chi connectivity index (χ4n) is 1.38. The van der Waals surface area contributed by atoms with E-state index in [9.17, 15) is 9.59 Å². The molecule has 0 amide bonds. The zero-order valence-corrected chi connectivity index (χ0v) is 9.70. The van der Waals surface area contributed by atoms with Gasteiger partial charge in [-0.15, -0.1) is 5.10 Å². The van der Waals surface area contributed by atoms with Crippen LogP contribution in [0.4, 0.5) is 5.82 Å². The molecule has 0 radical (unpaired) electrons. The molecule has 0 atom stereocenters. The Morgan fingerprint density at radius 3 is 2.56 bits per heavy atom. The Bertz CT molecular complexity index is 461. The van der Waals surface area contributed by atoms with Crippen LogP contribution in [0.5, 0.6) is 0 Å². The molecule has 0 aliphatic carbocycles. The SMILES string of the molecule is CN(CC(C)(C)CN)c1n[nH]c(=O)[nH]c1=O. The maximum absolute atomic E-state index is 11.4. The first kappa shape index (κ1) is 12.4. The molecule has 0 aliphatic rings. The number of nitrogens with zero attached hydrogens (tertiary/aromatic N) is 2. The molecule has 0 aliphatic heterocycles. The monoisotopic (exact) mass is 227 g/mol. The van der Waals surface area contributed by atoms with E-state index in [0.29, 0.717) is 13.1 Å². The first-order valence-corrected chi connectivity index (χ1v) is 4.96. The molecule has 0 spiro atoms. The van der Waals surface area contributed by atoms with Crippen LogP contribution in [-0.2, 0) is 0 Å². The van der Waals surface area contributed by atoms with E-state index in [-0.39, 0.29) is 11.2 Å². The van der Waals surface area contributed by atoms with Gasteiger partial charge in [0.25, 0.3) is 5.56 Å². The maximum Gasteiger partial charge on any atom is 0.342 e. The molecule has 7 heteroatoms. The van der Waals surface area contributed by atoms with E-state index in [0.717, 1.165) is 0 Å². The summed E-state index contributed by atoms with van der Waals surface area (Å²) in [6.45, 7) is 5.05. The standard InChI is InChI=1S/C9H17N5O2/c1-9(2,4-10)5-14(3)6-7(15)11-8(16)13-12-6/h4-5,10H2,1-3H3,(H2,11,13,15,16). The van der Waals surface area contributed by atoms with Crippen molar-refractivity contribution in [1.29, 1.82) is 0 Å². The molecule has 1 aromatic heterocycles. The van der Waals surface area contributed by atoms with Crippen molar-refractivity contribution in [2.75, 3.05) is 25.0 Å². The van der Waals surface area contributed by atoms with Gasteiger partial charge >= 0.3 is 5.69 Å². The van der Waals surface area contributed by atoms with Crippen molar-refractivity contribution >= 4 is 5.82 Å². The molecule has 0 unspecified atom stereocenters. The van der Waals surface area contributed by atoms with Crippen molar-refractivity contribution in [3.8, 4) is 0 Å². The minimum atomic E-state index is -0.611. The summed E-state index contributed by atoms with van der Waals surface area (Å²) in [5, 5.41) is 5.89. The Morgan fingerprint density at radius 2 is 2.06 bits per heavy atom. The van der Waals surface area contributed by atoms with E-state index in [1.165, 1.54) is 0 Å². The fourth-order valence-corrected chi connectivity index (χ4v) is 1.38. The quantitative estimate of drug-likeness (QED) is 0.604. The van der Waals surface area contributed by atoms with Crippen LogP contribution >= 0.6 is 0 Å². The summed E-state index contributed by atoms with van der Waals surface area (Å²) in [5.41, 5.74) is 4.37. The number of anilines is 1. The van der Waals surface area contributed by atoms with Crippen LogP contribution in [0.15, 0.2) is 9.59 Å². The second-order valence-corrected chi connectivity index (χ2v) is 4.55. The highest BCUT2D eigenvalue weighted by molar-refractivity contribution is 5.32. The van der Waals surface area contributed by atoms with Gasteiger partial charge in [-0.05, 0) is 12.0 Å². The predicted molar refractivity (Wildman–Crippen MR) is 61.6 cm³/mol. The van der Waals surface area contributed by atoms with Gasteiger partial charge in [0.15, 0.2) is 0 Å². The summed E-state index contributed by atoms with van der Waals surface area (Å²) in [4.78, 5) is 26.0. The van der Waals surface area contributed by atoms with Crippen molar-refractivity contribution in [2.24, 2.45) is 11.1 Å². The first-order chi connectivity index (χ1) is 7.35. The number of rotatable bonds is 4. The van der Waals surface area contributed by atoms with Crippen molar-refractivity contribution in [3.05, 3.63) is 20.8 Å². The van der Waals surface area contributed by atoms with Gasteiger partial charge in [-0.25, -0.2) is 9.89 Å². The summed E-state index contributed by atoms with van der Waals surface area (Å²) >= 11 is 0. The van der Waals surface area contributed by atoms with Crippen molar-refractivity contribution in [3.63, 3.8) is 0 Å². The van der Waals surface area contributed by atoms with E-state index in [2.05, 4.69) is 15.2 Å². The average molecular weight is 227 g/mol. The molecule has 1 heterocycles. The molecule has 0 aromatic carbocycles. The van der Waals surface area contributed by atoms with Gasteiger partial charge in [-0.1, -0.05) is 13.8 Å². The molecule has 0 fully saturated rings. The Hall–Kier alpha value is -1.63.